The Morgan fingerprint density at radius 2 is 0.897 bits per heavy atom. The molecule has 24 heteroatoms. The molecule has 4 aromatic carbocycles. The number of carbonyl (C=O) groups is 12. The van der Waals surface area contributed by atoms with Crippen LogP contribution in [0.3, 0.4) is 0 Å². The van der Waals surface area contributed by atoms with Crippen molar-refractivity contribution in [3.8, 4) is 11.5 Å². The first-order valence-electron chi connectivity index (χ1n) is 44.4. The predicted octanol–water partition coefficient (Wildman–Crippen LogP) is 16.7. The number of carboxylic acids is 1. The third-order valence-electron chi connectivity index (χ3n) is 21.9. The number of hydrogen-bond donors (Lipinski definition) is 7. The standard InChI is InChI=1S/C51H69N3O8.C29H39N3O5.C21H31NO4.CH4/c1-32(2)28-41(53-50(60)62-51(8,9)10)23-22-39(29-37-16-12-11-13-17-37)49(59)54-26-14-19-44(54)45(55)31-40(48(58)52-33(3)4)30-38-20-24-42(25-21-38)61-27-15-18-43-36(7)46(56)34(5)35(6)47(43)57;1-17(2)31-29(36)25(32-28(35)24-9-6-14-30-24)16-21-10-12-22(13-11-21)37-15-7-8-23-20(5)26(33)18(3)19(4)27(23)34;1-15(2)13-18(22-20(25)26-21(3,4)5)12-11-17(19(23)24)14-16-9-7-6-8-10-16;/h11-13,16-17,20-25,32-33,39-41,44H,14-15,18-19,26-31H2,1-10H3,(H,52,58)(H,53,60);10-13,17,24-25,30H,6-9,14-16H2,1-5H3,(H,31,36)(H,32,35);6-12,15,17-18H,13-14H2,1-5H3,(H,22,25)(H,23,24);1H4/b23-22+;;12-11+;/t39-,40-,41-,44+;24-,25-;17-,18-;/m101./s1. The number of Topliss-reactive ketones (excluding diaryl/α,β-unsaturated/α-hetero) is 5. The molecule has 0 spiro atoms. The van der Waals surface area contributed by atoms with Crippen molar-refractivity contribution in [2.24, 2.45) is 29.6 Å². The molecule has 0 aromatic heterocycles. The summed E-state index contributed by atoms with van der Waals surface area (Å²) in [5, 5.41) is 27.3. The maximum atomic E-state index is 14.5. The van der Waals surface area contributed by atoms with E-state index in [4.69, 9.17) is 18.9 Å². The van der Waals surface area contributed by atoms with E-state index >= 15 is 0 Å². The van der Waals surface area contributed by atoms with Gasteiger partial charge in [-0.05, 0) is 259 Å². The molecule has 0 radical (unpaired) electrons. The number of benzene rings is 4. The number of hydrogen-bond acceptors (Lipinski definition) is 17. The molecule has 126 heavy (non-hydrogen) atoms. The number of rotatable bonds is 39. The monoisotopic (exact) mass is 1740 g/mol. The molecule has 2 fully saturated rings. The maximum Gasteiger partial charge on any atom is 0.408 e. The van der Waals surface area contributed by atoms with Crippen molar-refractivity contribution < 1.29 is 81.6 Å². The number of alkyl carbamates (subject to hydrolysis) is 2. The van der Waals surface area contributed by atoms with Crippen LogP contribution in [0.2, 0.25) is 0 Å². The summed E-state index contributed by atoms with van der Waals surface area (Å²) in [5.74, 6) is -2.00. The van der Waals surface area contributed by atoms with Crippen LogP contribution in [-0.4, -0.2) is 161 Å². The van der Waals surface area contributed by atoms with Crippen molar-refractivity contribution in [1.82, 2.24) is 36.8 Å². The second-order valence-electron chi connectivity index (χ2n) is 36.7. The Bertz CT molecular complexity index is 4550. The SMILES string of the molecule is C.CC(C)C[C@@H](/C=C/[C@H](Cc1ccccc1)C(=O)O)NC(=O)OC(C)(C)C.CC1=C(C)C(=O)C(CCCOc2ccc(C[C@H](CC(=O)[C@@H]3CCCN3C(=O)[C@H](/C=C/[C@H](CC(C)C)NC(=O)OC(C)(C)C)Cc3ccccc3)C(=O)NC(C)C)cc2)=C(C)C1=O.CC1=C(C)C(=O)C(CCCOc2ccc(C[C@H](NC(=O)[C@@H]3CCCN3)C(=O)NC(C)C)cc2)=C(C)C1=O. The fraction of sp³-hybridized carbons (Fsp3) is 0.529. The van der Waals surface area contributed by atoms with Gasteiger partial charge in [-0.1, -0.05) is 144 Å². The van der Waals surface area contributed by atoms with Gasteiger partial charge in [-0.3, -0.25) is 47.9 Å². The summed E-state index contributed by atoms with van der Waals surface area (Å²) in [6, 6.07) is 31.8. The summed E-state index contributed by atoms with van der Waals surface area (Å²) in [6.07, 6.45) is 14.0. The Hall–Kier alpha value is -10.9. The first-order valence-corrected chi connectivity index (χ1v) is 44.4. The molecule has 8 rings (SSSR count). The van der Waals surface area contributed by atoms with Crippen molar-refractivity contribution in [3.63, 3.8) is 0 Å². The molecular weight excluding hydrogens is 1600 g/mol. The number of amides is 6. The molecule has 8 atom stereocenters. The summed E-state index contributed by atoms with van der Waals surface area (Å²) in [4.78, 5) is 156. The third-order valence-corrected chi connectivity index (χ3v) is 21.9. The molecule has 0 saturated carbocycles. The molecule has 4 aromatic rings. The van der Waals surface area contributed by atoms with Gasteiger partial charge >= 0.3 is 18.2 Å². The molecule has 4 aliphatic rings. The average Bonchev–Trinajstić information content (AvgIpc) is 0.831. The predicted molar refractivity (Wildman–Crippen MR) is 494 cm³/mol. The summed E-state index contributed by atoms with van der Waals surface area (Å²) in [7, 11) is 0. The van der Waals surface area contributed by atoms with Crippen LogP contribution in [0.4, 0.5) is 9.59 Å². The number of allylic oxidation sites excluding steroid dienone is 8. The average molecular weight is 1740 g/mol. The molecule has 0 bridgehead atoms. The first kappa shape index (κ1) is 106. The van der Waals surface area contributed by atoms with Gasteiger partial charge in [0.1, 0.15) is 28.7 Å². The van der Waals surface area contributed by atoms with Crippen LogP contribution in [0.5, 0.6) is 11.5 Å². The minimum absolute atomic E-state index is 0. The van der Waals surface area contributed by atoms with Gasteiger partial charge in [-0.25, -0.2) is 9.59 Å². The van der Waals surface area contributed by atoms with E-state index in [-0.39, 0.29) is 103 Å². The van der Waals surface area contributed by atoms with Crippen molar-refractivity contribution in [2.75, 3.05) is 26.3 Å². The quantitative estimate of drug-likeness (QED) is 0.0124. The molecule has 6 amide bonds. The van der Waals surface area contributed by atoms with Crippen molar-refractivity contribution in [2.45, 2.75) is 296 Å². The lowest BCUT2D eigenvalue weighted by Gasteiger charge is -2.29. The molecule has 7 N–H and O–H groups in total. The summed E-state index contributed by atoms with van der Waals surface area (Å²) >= 11 is 0. The van der Waals surface area contributed by atoms with E-state index in [2.05, 4.69) is 59.6 Å². The van der Waals surface area contributed by atoms with Crippen LogP contribution in [-0.2, 0) is 83.1 Å². The van der Waals surface area contributed by atoms with Gasteiger partial charge in [-0.15, -0.1) is 0 Å². The van der Waals surface area contributed by atoms with E-state index in [0.717, 1.165) is 41.6 Å². The number of aliphatic carboxylic acids is 1. The van der Waals surface area contributed by atoms with Crippen LogP contribution in [0.15, 0.2) is 178 Å². The van der Waals surface area contributed by atoms with Crippen molar-refractivity contribution in [3.05, 3.63) is 200 Å². The van der Waals surface area contributed by atoms with Crippen LogP contribution in [0, 0.1) is 29.6 Å². The van der Waals surface area contributed by atoms with Crippen LogP contribution in [0.25, 0.3) is 0 Å². The van der Waals surface area contributed by atoms with Gasteiger partial charge in [0, 0.05) is 82.0 Å². The van der Waals surface area contributed by atoms with E-state index in [1.807, 2.05) is 170 Å². The van der Waals surface area contributed by atoms with Gasteiger partial charge in [-0.2, -0.15) is 0 Å². The molecule has 0 unspecified atom stereocenters. The molecule has 2 aliphatic carbocycles. The second kappa shape index (κ2) is 51.1. The number of ketones is 5. The number of carboxylic acid groups (broad SMARTS) is 1. The summed E-state index contributed by atoms with van der Waals surface area (Å²) in [5.41, 5.74) is 6.69. The maximum absolute atomic E-state index is 14.5. The van der Waals surface area contributed by atoms with Crippen LogP contribution >= 0.6 is 0 Å². The minimum Gasteiger partial charge on any atom is -0.494 e. The smallest absolute Gasteiger partial charge is 0.408 e. The zero-order valence-corrected chi connectivity index (χ0v) is 77.5. The lowest BCUT2D eigenvalue weighted by molar-refractivity contribution is -0.140. The van der Waals surface area contributed by atoms with E-state index in [0.29, 0.717) is 159 Å². The van der Waals surface area contributed by atoms with Crippen LogP contribution < -0.4 is 41.4 Å². The van der Waals surface area contributed by atoms with E-state index in [1.165, 1.54) is 0 Å². The van der Waals surface area contributed by atoms with Gasteiger partial charge in [0.25, 0.3) is 0 Å². The van der Waals surface area contributed by atoms with Gasteiger partial charge in [0.05, 0.1) is 49.2 Å². The lowest BCUT2D eigenvalue weighted by Crippen LogP contribution is -2.53. The molecule has 24 nitrogen and oxygen atoms in total. The normalized spacial score (nSPS) is 17.1. The van der Waals surface area contributed by atoms with Gasteiger partial charge in [0.2, 0.25) is 23.6 Å². The molecule has 2 aliphatic heterocycles. The Balaban J connectivity index is 0.000000371. The van der Waals surface area contributed by atoms with Crippen molar-refractivity contribution in [1.29, 1.82) is 0 Å². The van der Waals surface area contributed by atoms with Gasteiger partial charge < -0.3 is 60.9 Å². The Morgan fingerprint density at radius 3 is 1.31 bits per heavy atom. The first-order chi connectivity index (χ1) is 58.9. The van der Waals surface area contributed by atoms with E-state index in [1.54, 1.807) is 79.4 Å². The highest BCUT2D eigenvalue weighted by molar-refractivity contribution is 6.25. The molecule has 2 saturated heterocycles. The van der Waals surface area contributed by atoms with E-state index < -0.39 is 59.2 Å². The minimum atomic E-state index is -0.884. The zero-order valence-electron chi connectivity index (χ0n) is 77.5. The largest absolute Gasteiger partial charge is 0.494 e. The molecule has 2 heterocycles. The van der Waals surface area contributed by atoms with Crippen LogP contribution in [0.1, 0.15) is 239 Å². The van der Waals surface area contributed by atoms with Crippen molar-refractivity contribution >= 4 is 70.7 Å². The summed E-state index contributed by atoms with van der Waals surface area (Å²) < 4.78 is 22.7. The summed E-state index contributed by atoms with van der Waals surface area (Å²) in [6.45, 7) is 38.9. The fourth-order valence-corrected chi connectivity index (χ4v) is 15.2. The highest BCUT2D eigenvalue weighted by atomic mass is 16.6. The zero-order chi connectivity index (χ0) is 92.6. The third kappa shape index (κ3) is 35.5. The number of nitrogens with zero attached hydrogens (tertiary/aromatic N) is 1. The number of carbonyl (C=O) groups excluding carboxylic acids is 11. The van der Waals surface area contributed by atoms with E-state index in [9.17, 15) is 62.6 Å². The highest BCUT2D eigenvalue weighted by Gasteiger charge is 2.39. The molecular formula is C102H143N7O17. The van der Waals surface area contributed by atoms with Gasteiger partial charge in [0.15, 0.2) is 28.9 Å². The lowest BCUT2D eigenvalue weighted by atomic mass is 9.84. The highest BCUT2D eigenvalue weighted by Crippen LogP contribution is 2.32. The Morgan fingerprint density at radius 1 is 0.484 bits per heavy atom. The Labute approximate surface area is 748 Å². The Kier molecular flexibility index (Phi) is 42.8. The topological polar surface area (TPSA) is 337 Å². The number of nitrogens with one attached hydrogen (secondary N) is 6. The fourth-order valence-electron chi connectivity index (χ4n) is 15.2. The molecule has 688 valence electrons. The number of ether oxygens (including phenoxy) is 4. The second-order valence-corrected chi connectivity index (χ2v) is 36.7. The number of likely N-dealkylation sites (tertiary alicyclic amines) is 1.